The average molecular weight is 647 g/mol. The number of amides is 2. The van der Waals surface area contributed by atoms with E-state index >= 15 is 0 Å². The second kappa shape index (κ2) is 17.3. The Morgan fingerprint density at radius 3 is 2.00 bits per heavy atom. The van der Waals surface area contributed by atoms with Crippen molar-refractivity contribution in [3.8, 4) is 23.0 Å². The molecule has 15 heteroatoms. The summed E-state index contributed by atoms with van der Waals surface area (Å²) in [4.78, 5) is 28.7. The number of nitrogens with one attached hydrogen (secondary N) is 2. The number of benzene rings is 2. The van der Waals surface area contributed by atoms with Crippen molar-refractivity contribution in [3.05, 3.63) is 52.5 Å². The molecule has 3 rings (SSSR count). The van der Waals surface area contributed by atoms with Crippen molar-refractivity contribution in [1.29, 1.82) is 5.41 Å². The first-order chi connectivity index (χ1) is 20.7. The third-order valence-electron chi connectivity index (χ3n) is 5.65. The van der Waals surface area contributed by atoms with E-state index in [1.54, 1.807) is 62.4 Å². The van der Waals surface area contributed by atoms with E-state index in [2.05, 4.69) is 20.5 Å². The topological polar surface area (TPSA) is 171 Å². The van der Waals surface area contributed by atoms with Gasteiger partial charge in [0.05, 0.1) is 46.3 Å². The SMILES string of the molecule is COc1cc(CC(=O)N=C(N)SC(=N)CCSCCc2nnc(NC(=O)Cc3cc(OC)cc(OC)c3)s2)cc(OC)c1. The van der Waals surface area contributed by atoms with Crippen molar-refractivity contribution in [2.45, 2.75) is 25.7 Å². The van der Waals surface area contributed by atoms with Gasteiger partial charge in [0, 0.05) is 25.0 Å². The molecule has 0 radical (unpaired) electrons. The van der Waals surface area contributed by atoms with E-state index in [-0.39, 0.29) is 23.9 Å². The molecule has 0 aliphatic carbocycles. The van der Waals surface area contributed by atoms with Gasteiger partial charge in [-0.05, 0) is 58.7 Å². The Morgan fingerprint density at radius 2 is 1.44 bits per heavy atom. The minimum absolute atomic E-state index is 0.0313. The largest absolute Gasteiger partial charge is 0.497 e. The number of rotatable bonds is 15. The first-order valence-electron chi connectivity index (χ1n) is 13.0. The van der Waals surface area contributed by atoms with Gasteiger partial charge < -0.3 is 30.0 Å². The summed E-state index contributed by atoms with van der Waals surface area (Å²) in [7, 11) is 6.19. The quantitative estimate of drug-likeness (QED) is 0.123. The second-order valence-electron chi connectivity index (χ2n) is 8.83. The monoisotopic (exact) mass is 646 g/mol. The van der Waals surface area contributed by atoms with Crippen molar-refractivity contribution >= 4 is 62.0 Å². The molecule has 12 nitrogen and oxygen atoms in total. The van der Waals surface area contributed by atoms with E-state index in [0.717, 1.165) is 28.1 Å². The molecular weight excluding hydrogens is 613 g/mol. The Hall–Kier alpha value is -3.82. The Kier molecular flexibility index (Phi) is 13.6. The molecule has 43 heavy (non-hydrogen) atoms. The van der Waals surface area contributed by atoms with Crippen LogP contribution < -0.4 is 30.0 Å². The molecule has 0 aliphatic heterocycles. The molecule has 0 bridgehead atoms. The van der Waals surface area contributed by atoms with Gasteiger partial charge in [0.25, 0.3) is 5.91 Å². The summed E-state index contributed by atoms with van der Waals surface area (Å²) in [5, 5.41) is 20.8. The number of nitrogens with two attached hydrogens (primary N) is 1. The maximum Gasteiger partial charge on any atom is 0.252 e. The Labute approximate surface area is 262 Å². The third kappa shape index (κ3) is 11.8. The van der Waals surface area contributed by atoms with Crippen LogP contribution in [0, 0.1) is 5.41 Å². The van der Waals surface area contributed by atoms with Crippen LogP contribution in [0.3, 0.4) is 0 Å². The number of aliphatic imine (C=N–C) groups is 1. The van der Waals surface area contributed by atoms with Crippen molar-refractivity contribution < 1.29 is 28.5 Å². The molecule has 230 valence electrons. The molecule has 1 aromatic heterocycles. The molecular formula is C28H34N6O6S3. The molecule has 0 spiro atoms. The fourth-order valence-corrected chi connectivity index (χ4v) is 6.16. The number of hydrogen-bond donors (Lipinski definition) is 3. The highest BCUT2D eigenvalue weighted by atomic mass is 32.2. The second-order valence-corrected chi connectivity index (χ2v) is 12.2. The number of carbonyl (C=O) groups is 2. The average Bonchev–Trinajstić information content (AvgIpc) is 3.42. The molecule has 2 amide bonds. The molecule has 0 saturated heterocycles. The van der Waals surface area contributed by atoms with Crippen molar-refractivity contribution in [2.75, 3.05) is 45.3 Å². The number of aromatic nitrogens is 2. The summed E-state index contributed by atoms with van der Waals surface area (Å²) in [6.45, 7) is 0. The van der Waals surface area contributed by atoms with Crippen LogP contribution in [0.4, 0.5) is 5.13 Å². The minimum atomic E-state index is -0.421. The maximum atomic E-state index is 12.5. The number of thioether (sulfide) groups is 2. The summed E-state index contributed by atoms with van der Waals surface area (Å²) in [6, 6.07) is 10.5. The number of aryl methyl sites for hydroxylation is 1. The zero-order chi connectivity index (χ0) is 31.2. The Balaban J connectivity index is 1.35. The summed E-state index contributed by atoms with van der Waals surface area (Å²) in [6.07, 6.45) is 1.34. The van der Waals surface area contributed by atoms with Crippen LogP contribution in [0.25, 0.3) is 0 Å². The van der Waals surface area contributed by atoms with Crippen LogP contribution in [-0.2, 0) is 28.9 Å². The van der Waals surface area contributed by atoms with Gasteiger partial charge in [0.15, 0.2) is 5.17 Å². The molecule has 0 aliphatic rings. The van der Waals surface area contributed by atoms with Crippen LogP contribution in [0.15, 0.2) is 41.4 Å². The van der Waals surface area contributed by atoms with Gasteiger partial charge in [-0.1, -0.05) is 11.3 Å². The minimum Gasteiger partial charge on any atom is -0.497 e. The van der Waals surface area contributed by atoms with Gasteiger partial charge in [-0.2, -0.15) is 16.8 Å². The van der Waals surface area contributed by atoms with Crippen molar-refractivity contribution in [1.82, 2.24) is 10.2 Å². The zero-order valence-corrected chi connectivity index (χ0v) is 26.7. The van der Waals surface area contributed by atoms with Crippen LogP contribution in [-0.4, -0.2) is 72.2 Å². The van der Waals surface area contributed by atoms with E-state index < -0.39 is 5.91 Å². The van der Waals surface area contributed by atoms with Crippen molar-refractivity contribution in [2.24, 2.45) is 10.7 Å². The molecule has 0 fully saturated rings. The van der Waals surface area contributed by atoms with E-state index in [9.17, 15) is 9.59 Å². The first kappa shape index (κ1) is 33.7. The molecule has 3 aromatic rings. The number of anilines is 1. The highest BCUT2D eigenvalue weighted by molar-refractivity contribution is 8.26. The first-order valence-corrected chi connectivity index (χ1v) is 15.8. The van der Waals surface area contributed by atoms with Gasteiger partial charge in [-0.25, -0.2) is 0 Å². The predicted octanol–water partition coefficient (Wildman–Crippen LogP) is 4.21. The fourth-order valence-electron chi connectivity index (χ4n) is 3.65. The number of methoxy groups -OCH3 is 4. The third-order valence-corrected chi connectivity index (χ3v) is 8.29. The lowest BCUT2D eigenvalue weighted by Crippen LogP contribution is -2.14. The predicted molar refractivity (Wildman–Crippen MR) is 173 cm³/mol. The number of amidine groups is 1. The fraction of sp³-hybridized carbons (Fsp3) is 0.357. The Morgan fingerprint density at radius 1 is 0.884 bits per heavy atom. The number of nitrogens with zero attached hydrogens (tertiary/aromatic N) is 3. The molecule has 0 saturated carbocycles. The standard InChI is InChI=1S/C28H34N6O6S3/c1-37-19-9-17(10-20(15-19)38-2)13-24(35)31-27(30)42-23(29)5-7-41-8-6-26-33-34-28(43-26)32-25(36)14-18-11-21(39-3)16-22(12-18)40-4/h9-12,15-16,29H,5-8,13-14H2,1-4H3,(H2,30,31,35)(H,32,34,36). The van der Waals surface area contributed by atoms with Crippen LogP contribution in [0.1, 0.15) is 22.6 Å². The molecule has 1 heterocycles. The molecule has 4 N–H and O–H groups in total. The smallest absolute Gasteiger partial charge is 0.252 e. The lowest BCUT2D eigenvalue weighted by molar-refractivity contribution is -0.117. The number of hydrogen-bond acceptors (Lipinski definition) is 12. The van der Waals surface area contributed by atoms with Crippen LogP contribution >= 0.6 is 34.9 Å². The van der Waals surface area contributed by atoms with Crippen molar-refractivity contribution in [3.63, 3.8) is 0 Å². The number of carbonyl (C=O) groups excluding carboxylic acids is 2. The lowest BCUT2D eigenvalue weighted by atomic mass is 10.1. The summed E-state index contributed by atoms with van der Waals surface area (Å²) < 4.78 is 21.0. The van der Waals surface area contributed by atoms with Crippen LogP contribution in [0.5, 0.6) is 23.0 Å². The van der Waals surface area contributed by atoms with E-state index in [1.165, 1.54) is 25.6 Å². The Bertz CT molecular complexity index is 1400. The van der Waals surface area contributed by atoms with Gasteiger partial charge in [0.2, 0.25) is 11.0 Å². The van der Waals surface area contributed by atoms with E-state index in [1.807, 2.05) is 0 Å². The van der Waals surface area contributed by atoms with Gasteiger partial charge in [-0.3, -0.25) is 15.0 Å². The lowest BCUT2D eigenvalue weighted by Gasteiger charge is -2.08. The molecule has 2 aromatic carbocycles. The van der Waals surface area contributed by atoms with E-state index in [0.29, 0.717) is 57.3 Å². The summed E-state index contributed by atoms with van der Waals surface area (Å²) >= 11 is 3.96. The number of ether oxygens (including phenoxy) is 4. The maximum absolute atomic E-state index is 12.5. The van der Waals surface area contributed by atoms with Gasteiger partial charge in [0.1, 0.15) is 28.0 Å². The van der Waals surface area contributed by atoms with Gasteiger partial charge >= 0.3 is 0 Å². The van der Waals surface area contributed by atoms with E-state index in [4.69, 9.17) is 30.1 Å². The molecule has 0 unspecified atom stereocenters. The van der Waals surface area contributed by atoms with Crippen LogP contribution in [0.2, 0.25) is 0 Å². The molecule has 0 atom stereocenters. The van der Waals surface area contributed by atoms with Gasteiger partial charge in [-0.15, -0.1) is 10.2 Å². The highest BCUT2D eigenvalue weighted by Gasteiger charge is 2.12. The zero-order valence-electron chi connectivity index (χ0n) is 24.3. The highest BCUT2D eigenvalue weighted by Crippen LogP contribution is 2.25. The summed E-state index contributed by atoms with van der Waals surface area (Å²) in [5.41, 5.74) is 7.34. The summed E-state index contributed by atoms with van der Waals surface area (Å²) in [5.74, 6) is 3.21. The normalized spacial score (nSPS) is 11.1.